The summed E-state index contributed by atoms with van der Waals surface area (Å²) in [5.74, 6) is -0.0255. The molecule has 0 radical (unpaired) electrons. The van der Waals surface area contributed by atoms with Gasteiger partial charge in [0.25, 0.3) is 5.91 Å². The number of carbonyl (C=O) groups excluding carboxylic acids is 2. The smallest absolute Gasteiger partial charge is 0.255 e. The number of halogens is 2. The topological polar surface area (TPSA) is 85.4 Å². The highest BCUT2D eigenvalue weighted by Crippen LogP contribution is 2.34. The normalized spacial score (nSPS) is 15.2. The molecule has 3 N–H and O–H groups in total. The Kier molecular flexibility index (Phi) is 14.8. The van der Waals surface area contributed by atoms with Crippen LogP contribution in [0.15, 0.2) is 114 Å². The highest BCUT2D eigenvalue weighted by Gasteiger charge is 2.22. The molecular formula is C50H56BrIN6O2. The molecule has 1 atom stereocenters. The van der Waals surface area contributed by atoms with E-state index in [9.17, 15) is 9.59 Å². The third kappa shape index (κ3) is 10.2. The van der Waals surface area contributed by atoms with Gasteiger partial charge in [0, 0.05) is 109 Å². The van der Waals surface area contributed by atoms with Crippen LogP contribution in [0.2, 0.25) is 0 Å². The third-order valence-corrected chi connectivity index (χ3v) is 13.2. The van der Waals surface area contributed by atoms with Gasteiger partial charge in [0.05, 0.1) is 5.52 Å². The number of ketones is 1. The molecule has 8 nitrogen and oxygen atoms in total. The quantitative estimate of drug-likeness (QED) is 0.0793. The summed E-state index contributed by atoms with van der Waals surface area (Å²) in [4.78, 5) is 34.3. The van der Waals surface area contributed by atoms with E-state index in [1.807, 2.05) is 66.7 Å². The molecular weight excluding hydrogens is 923 g/mol. The molecule has 2 aliphatic rings. The molecule has 4 aromatic carbocycles. The molecule has 4 heterocycles. The number of nitrogens with zero attached hydrogens (tertiary/aromatic N) is 3. The van der Waals surface area contributed by atoms with Gasteiger partial charge in [-0.15, -0.1) is 0 Å². The lowest BCUT2D eigenvalue weighted by Gasteiger charge is -2.31. The van der Waals surface area contributed by atoms with E-state index in [2.05, 4.69) is 139 Å². The van der Waals surface area contributed by atoms with Gasteiger partial charge in [0.1, 0.15) is 0 Å². The fraction of sp³-hybridized carbons (Fsp3) is 0.320. The van der Waals surface area contributed by atoms with E-state index in [0.717, 1.165) is 105 Å². The van der Waals surface area contributed by atoms with Crippen molar-refractivity contribution in [2.75, 3.05) is 50.0 Å². The van der Waals surface area contributed by atoms with Crippen molar-refractivity contribution in [2.45, 2.75) is 65.8 Å². The molecule has 60 heavy (non-hydrogen) atoms. The van der Waals surface area contributed by atoms with Gasteiger partial charge in [0.2, 0.25) is 0 Å². The standard InChI is InChI=1S/C27H32IN3O.C23H24BrN3O/c1-4-14-29-31-18-24(20-12-15-30(16-13-20)19(3)5-2)23-17-21(10-11-26(23)31)27(32)22-8-6-7-9-25(22)28;1-2-10-27-11-8-16(9-12-27)21-15-25-22-7-6-19(14-20(21)22)26-23(28)17-4-3-5-18(24)13-17/h6-12,17-19,29H,4-5,13-16H2,1-3H3;3-8,13-15,25H,2,9-12H2,1H3,(H,26,28). The Bertz CT molecular complexity index is 2530. The Morgan fingerprint density at radius 2 is 1.63 bits per heavy atom. The van der Waals surface area contributed by atoms with Gasteiger partial charge < -0.3 is 15.7 Å². The van der Waals surface area contributed by atoms with E-state index in [4.69, 9.17) is 0 Å². The Morgan fingerprint density at radius 1 is 0.833 bits per heavy atom. The first kappa shape index (κ1) is 43.6. The molecule has 2 aliphatic heterocycles. The predicted molar refractivity (Wildman–Crippen MR) is 263 cm³/mol. The summed E-state index contributed by atoms with van der Waals surface area (Å²) in [5.41, 5.74) is 13.9. The fourth-order valence-corrected chi connectivity index (χ4v) is 9.18. The number of hydrogen-bond donors (Lipinski definition) is 3. The zero-order valence-corrected chi connectivity index (χ0v) is 38.9. The fourth-order valence-electron chi connectivity index (χ4n) is 8.15. The van der Waals surface area contributed by atoms with Crippen LogP contribution in [-0.4, -0.2) is 76.5 Å². The number of rotatable bonds is 13. The molecule has 10 heteroatoms. The molecule has 1 unspecified atom stereocenters. The molecule has 0 saturated heterocycles. The minimum atomic E-state index is -0.107. The molecule has 6 aromatic rings. The van der Waals surface area contributed by atoms with Crippen LogP contribution in [-0.2, 0) is 0 Å². The zero-order chi connectivity index (χ0) is 42.2. The summed E-state index contributed by atoms with van der Waals surface area (Å²) in [5, 5.41) is 5.32. The van der Waals surface area contributed by atoms with Crippen molar-refractivity contribution in [1.82, 2.24) is 19.5 Å². The summed E-state index contributed by atoms with van der Waals surface area (Å²) >= 11 is 5.66. The van der Waals surface area contributed by atoms with E-state index in [-0.39, 0.29) is 11.7 Å². The second kappa shape index (κ2) is 20.4. The summed E-state index contributed by atoms with van der Waals surface area (Å²) in [6.07, 6.45) is 14.5. The van der Waals surface area contributed by atoms with E-state index in [1.54, 1.807) is 0 Å². The number of benzene rings is 4. The lowest BCUT2D eigenvalue weighted by atomic mass is 9.95. The van der Waals surface area contributed by atoms with Crippen LogP contribution in [0, 0.1) is 3.57 Å². The lowest BCUT2D eigenvalue weighted by molar-refractivity contribution is 0.102. The van der Waals surface area contributed by atoms with Crippen molar-refractivity contribution in [3.8, 4) is 0 Å². The average molecular weight is 980 g/mol. The van der Waals surface area contributed by atoms with Gasteiger partial charge in [0.15, 0.2) is 5.78 Å². The van der Waals surface area contributed by atoms with Crippen LogP contribution in [0.1, 0.15) is 97.2 Å². The minimum Gasteiger partial charge on any atom is -0.361 e. The van der Waals surface area contributed by atoms with Gasteiger partial charge in [-0.05, 0) is 146 Å². The van der Waals surface area contributed by atoms with E-state index in [1.165, 1.54) is 35.1 Å². The molecule has 0 bridgehead atoms. The molecule has 0 fully saturated rings. The number of fused-ring (bicyclic) bond motifs is 2. The van der Waals surface area contributed by atoms with Crippen LogP contribution in [0.4, 0.5) is 5.69 Å². The lowest BCUT2D eigenvalue weighted by Crippen LogP contribution is -2.35. The maximum Gasteiger partial charge on any atom is 0.255 e. The maximum absolute atomic E-state index is 13.3. The maximum atomic E-state index is 13.3. The van der Waals surface area contributed by atoms with E-state index < -0.39 is 0 Å². The predicted octanol–water partition coefficient (Wildman–Crippen LogP) is 12.0. The number of carbonyl (C=O) groups is 2. The van der Waals surface area contributed by atoms with Crippen LogP contribution in [0.25, 0.3) is 33.0 Å². The van der Waals surface area contributed by atoms with Gasteiger partial charge in [-0.2, -0.15) is 0 Å². The molecule has 0 saturated carbocycles. The number of hydrogen-bond acceptors (Lipinski definition) is 5. The molecule has 8 rings (SSSR count). The zero-order valence-electron chi connectivity index (χ0n) is 35.2. The van der Waals surface area contributed by atoms with Gasteiger partial charge in [-0.3, -0.25) is 24.1 Å². The molecule has 0 spiro atoms. The second-order valence-corrected chi connectivity index (χ2v) is 17.9. The van der Waals surface area contributed by atoms with E-state index in [0.29, 0.717) is 11.6 Å². The van der Waals surface area contributed by atoms with Crippen LogP contribution in [0.5, 0.6) is 0 Å². The number of H-pyrrole nitrogens is 1. The largest absolute Gasteiger partial charge is 0.361 e. The molecule has 312 valence electrons. The Labute approximate surface area is 376 Å². The molecule has 2 aromatic heterocycles. The minimum absolute atomic E-state index is 0.0812. The Balaban J connectivity index is 0.000000183. The highest BCUT2D eigenvalue weighted by atomic mass is 127. The molecule has 1 amide bonds. The van der Waals surface area contributed by atoms with Crippen molar-refractivity contribution in [2.24, 2.45) is 0 Å². The number of aromatic nitrogens is 2. The van der Waals surface area contributed by atoms with E-state index >= 15 is 0 Å². The average Bonchev–Trinajstić information content (AvgIpc) is 3.87. The Hall–Kier alpha value is -4.49. The van der Waals surface area contributed by atoms with Crippen LogP contribution >= 0.6 is 38.5 Å². The summed E-state index contributed by atoms with van der Waals surface area (Å²) in [6, 6.07) is 28.0. The van der Waals surface area contributed by atoms with Gasteiger partial charge >= 0.3 is 0 Å². The van der Waals surface area contributed by atoms with Crippen LogP contribution < -0.4 is 10.7 Å². The van der Waals surface area contributed by atoms with Crippen molar-refractivity contribution >= 4 is 88.9 Å². The summed E-state index contributed by atoms with van der Waals surface area (Å²) in [6.45, 7) is 15.2. The second-order valence-electron chi connectivity index (χ2n) is 15.8. The number of nitrogens with one attached hydrogen (secondary N) is 3. The van der Waals surface area contributed by atoms with Crippen molar-refractivity contribution in [1.29, 1.82) is 0 Å². The van der Waals surface area contributed by atoms with Crippen molar-refractivity contribution in [3.63, 3.8) is 0 Å². The first-order valence-corrected chi connectivity index (χ1v) is 23.3. The number of aromatic amines is 1. The SMILES string of the molecule is CCCN1CC=C(c2c[nH]c3ccc(NC(=O)c4cccc(Br)c4)cc23)CC1.CCCNn1cc(C2=CCN(C(C)CC)CC2)c2cc(C(=O)c3ccccc3I)ccc21. The van der Waals surface area contributed by atoms with Gasteiger partial charge in [-0.25, -0.2) is 0 Å². The highest BCUT2D eigenvalue weighted by molar-refractivity contribution is 14.1. The van der Waals surface area contributed by atoms with Crippen LogP contribution in [0.3, 0.4) is 0 Å². The summed E-state index contributed by atoms with van der Waals surface area (Å²) in [7, 11) is 0. The first-order valence-electron chi connectivity index (χ1n) is 21.4. The Morgan fingerprint density at radius 3 is 2.35 bits per heavy atom. The monoisotopic (exact) mass is 978 g/mol. The molecule has 0 aliphatic carbocycles. The number of amides is 1. The van der Waals surface area contributed by atoms with Crippen molar-refractivity contribution in [3.05, 3.63) is 145 Å². The third-order valence-electron chi connectivity index (χ3n) is 11.7. The summed E-state index contributed by atoms with van der Waals surface area (Å²) < 4.78 is 4.01. The first-order chi connectivity index (χ1) is 29.2. The number of anilines is 1. The van der Waals surface area contributed by atoms with Gasteiger partial charge in [-0.1, -0.05) is 67.1 Å². The van der Waals surface area contributed by atoms with Crippen molar-refractivity contribution < 1.29 is 9.59 Å².